The van der Waals surface area contributed by atoms with Crippen LogP contribution in [0.25, 0.3) is 0 Å². The summed E-state index contributed by atoms with van der Waals surface area (Å²) >= 11 is 3.67. The van der Waals surface area contributed by atoms with Gasteiger partial charge in [-0.2, -0.15) is 0 Å². The molecular weight excluding hydrogens is 410 g/mol. The molecule has 26 heavy (non-hydrogen) atoms. The van der Waals surface area contributed by atoms with E-state index < -0.39 is 11.0 Å². The molecule has 1 aromatic carbocycles. The molecule has 1 aromatic rings. The van der Waals surface area contributed by atoms with Gasteiger partial charge in [0, 0.05) is 17.6 Å². The van der Waals surface area contributed by atoms with Gasteiger partial charge < -0.3 is 4.74 Å². The van der Waals surface area contributed by atoms with E-state index in [0.29, 0.717) is 6.10 Å². The topological polar surface area (TPSA) is 29.3 Å². The normalized spacial score (nSPS) is 37.1. The lowest BCUT2D eigenvalue weighted by molar-refractivity contribution is -0.00946. The third-order valence-corrected chi connectivity index (χ3v) is 9.02. The Labute approximate surface area is 168 Å². The van der Waals surface area contributed by atoms with Crippen LogP contribution in [0.3, 0.4) is 0 Å². The highest BCUT2D eigenvalue weighted by Crippen LogP contribution is 2.68. The summed E-state index contributed by atoms with van der Waals surface area (Å²) in [5.74, 6) is 0. The summed E-state index contributed by atoms with van der Waals surface area (Å²) in [6.07, 6.45) is 6.11. The summed E-state index contributed by atoms with van der Waals surface area (Å²) in [4.78, 5) is 0. The van der Waals surface area contributed by atoms with E-state index in [0.717, 1.165) is 36.9 Å². The minimum Gasteiger partial charge on any atom is -0.379 e. The molecule has 2 fully saturated rings. The molecule has 1 saturated heterocycles. The number of ether oxygens (including phenoxy) is 1. The summed E-state index contributed by atoms with van der Waals surface area (Å²) < 4.78 is 22.4. The third kappa shape index (κ3) is 2.76. The molecule has 2 spiro atoms. The quantitative estimate of drug-likeness (QED) is 0.623. The smallest absolute Gasteiger partial charge is 0.101 e. The molecule has 1 aliphatic heterocycles. The molecular formula is C21H30BrNO2S. The van der Waals surface area contributed by atoms with Gasteiger partial charge >= 0.3 is 0 Å². The van der Waals surface area contributed by atoms with E-state index >= 15 is 0 Å². The largest absolute Gasteiger partial charge is 0.379 e. The van der Waals surface area contributed by atoms with Crippen LogP contribution in [-0.2, 0) is 27.7 Å². The minimum atomic E-state index is -0.974. The van der Waals surface area contributed by atoms with Crippen molar-refractivity contribution in [2.45, 2.75) is 76.2 Å². The molecule has 0 bridgehead atoms. The Morgan fingerprint density at radius 2 is 2.00 bits per heavy atom. The van der Waals surface area contributed by atoms with Crippen molar-refractivity contribution in [3.63, 3.8) is 0 Å². The molecule has 0 aromatic heterocycles. The van der Waals surface area contributed by atoms with Gasteiger partial charge in [-0.25, -0.2) is 8.51 Å². The highest BCUT2D eigenvalue weighted by molar-refractivity contribution is 9.10. The molecule has 5 heteroatoms. The second-order valence-corrected chi connectivity index (χ2v) is 12.3. The first-order valence-corrected chi connectivity index (χ1v) is 11.7. The molecule has 4 rings (SSSR count). The van der Waals surface area contributed by atoms with E-state index in [9.17, 15) is 4.21 Å². The zero-order valence-electron chi connectivity index (χ0n) is 16.3. The fourth-order valence-corrected chi connectivity index (χ4v) is 7.28. The van der Waals surface area contributed by atoms with Gasteiger partial charge in [0.25, 0.3) is 0 Å². The fourth-order valence-electron chi connectivity index (χ4n) is 5.38. The highest BCUT2D eigenvalue weighted by Gasteiger charge is 2.72. The first-order chi connectivity index (χ1) is 12.2. The van der Waals surface area contributed by atoms with Gasteiger partial charge in [0.2, 0.25) is 0 Å². The highest BCUT2D eigenvalue weighted by atomic mass is 79.9. The van der Waals surface area contributed by atoms with Crippen LogP contribution in [-0.4, -0.2) is 32.5 Å². The third-order valence-electron chi connectivity index (χ3n) is 6.63. The first kappa shape index (κ1) is 19.1. The molecule has 3 aliphatic rings. The van der Waals surface area contributed by atoms with E-state index in [4.69, 9.17) is 4.74 Å². The van der Waals surface area contributed by atoms with Crippen LogP contribution < -0.4 is 0 Å². The first-order valence-electron chi connectivity index (χ1n) is 9.84. The molecule has 0 amide bonds. The molecule has 0 N–H and O–H groups in total. The van der Waals surface area contributed by atoms with Crippen LogP contribution in [0.1, 0.15) is 64.5 Å². The maximum Gasteiger partial charge on any atom is 0.101 e. The predicted molar refractivity (Wildman–Crippen MR) is 110 cm³/mol. The fraction of sp³-hybridized carbons (Fsp3) is 0.714. The lowest BCUT2D eigenvalue weighted by atomic mass is 9.65. The Bertz CT molecular complexity index is 736. The summed E-state index contributed by atoms with van der Waals surface area (Å²) in [5, 5.41) is 0. The van der Waals surface area contributed by atoms with Gasteiger partial charge in [0.05, 0.1) is 16.4 Å². The van der Waals surface area contributed by atoms with Gasteiger partial charge in [-0.05, 0) is 88.5 Å². The van der Waals surface area contributed by atoms with E-state index in [2.05, 4.69) is 66.1 Å². The number of hydrogen-bond acceptors (Lipinski definition) is 2. The van der Waals surface area contributed by atoms with Crippen molar-refractivity contribution in [1.29, 1.82) is 0 Å². The average molecular weight is 440 g/mol. The van der Waals surface area contributed by atoms with Crippen LogP contribution in [0.2, 0.25) is 0 Å². The van der Waals surface area contributed by atoms with Gasteiger partial charge in [-0.1, -0.05) is 22.0 Å². The Hall–Kier alpha value is -0.230. The summed E-state index contributed by atoms with van der Waals surface area (Å²) in [6.45, 7) is 10.1. The van der Waals surface area contributed by atoms with Crippen LogP contribution in [0, 0.1) is 5.41 Å². The zero-order valence-corrected chi connectivity index (χ0v) is 18.7. The Kier molecular flexibility index (Phi) is 4.70. The zero-order chi connectivity index (χ0) is 18.7. The van der Waals surface area contributed by atoms with Gasteiger partial charge in [0.15, 0.2) is 0 Å². The predicted octanol–water partition coefficient (Wildman–Crippen LogP) is 4.94. The van der Waals surface area contributed by atoms with Crippen molar-refractivity contribution in [3.8, 4) is 0 Å². The van der Waals surface area contributed by atoms with Crippen LogP contribution >= 0.6 is 15.9 Å². The molecule has 3 nitrogen and oxygen atoms in total. The van der Waals surface area contributed by atoms with Crippen molar-refractivity contribution >= 4 is 26.9 Å². The molecule has 3 unspecified atom stereocenters. The summed E-state index contributed by atoms with van der Waals surface area (Å²) in [5.41, 5.74) is 3.04. The van der Waals surface area contributed by atoms with Gasteiger partial charge in [-0.3, -0.25) is 0 Å². The number of hydrogen-bond donors (Lipinski definition) is 0. The molecule has 3 atom stereocenters. The van der Waals surface area contributed by atoms with Crippen molar-refractivity contribution in [2.75, 3.05) is 13.2 Å². The second kappa shape index (κ2) is 6.40. The Morgan fingerprint density at radius 3 is 2.62 bits per heavy atom. The maximum atomic E-state index is 13.3. The van der Waals surface area contributed by atoms with Crippen LogP contribution in [0.4, 0.5) is 0 Å². The van der Waals surface area contributed by atoms with Gasteiger partial charge in [-0.15, -0.1) is 0 Å². The van der Waals surface area contributed by atoms with Crippen molar-refractivity contribution in [2.24, 2.45) is 5.41 Å². The number of fused-ring (bicyclic) bond motifs is 3. The average Bonchev–Trinajstić information content (AvgIpc) is 3.28. The van der Waals surface area contributed by atoms with Gasteiger partial charge in [0.1, 0.15) is 11.0 Å². The lowest BCUT2D eigenvalue weighted by Crippen LogP contribution is -2.43. The minimum absolute atomic E-state index is 0.0402. The summed E-state index contributed by atoms with van der Waals surface area (Å²) in [6, 6.07) is 6.73. The number of benzene rings is 1. The molecule has 1 heterocycles. The monoisotopic (exact) mass is 439 g/mol. The SMILES string of the molecule is CCOC1CCC2(CC1)Cc1ccc(Br)cc1C21CN1S(=O)C(C)(C)C. The standard InChI is InChI=1S/C21H30BrNO2S/c1-5-25-17-8-10-20(11-9-17)13-15-6-7-16(22)12-18(15)21(20)14-23(21)26(24)19(2,3)4/h6-7,12,17H,5,8-11,13-14H2,1-4H3. The van der Waals surface area contributed by atoms with Crippen molar-refractivity contribution in [3.05, 3.63) is 33.8 Å². The molecule has 2 aliphatic carbocycles. The van der Waals surface area contributed by atoms with E-state index in [1.807, 2.05) is 0 Å². The van der Waals surface area contributed by atoms with Crippen LogP contribution in [0.15, 0.2) is 22.7 Å². The lowest BCUT2D eigenvalue weighted by Gasteiger charge is -2.42. The van der Waals surface area contributed by atoms with E-state index in [1.165, 1.54) is 24.0 Å². The Balaban J connectivity index is 1.71. The molecule has 0 radical (unpaired) electrons. The number of rotatable bonds is 3. The Morgan fingerprint density at radius 1 is 1.31 bits per heavy atom. The number of nitrogens with zero attached hydrogens (tertiary/aromatic N) is 1. The second-order valence-electron chi connectivity index (χ2n) is 9.17. The van der Waals surface area contributed by atoms with Crippen molar-refractivity contribution < 1.29 is 8.95 Å². The van der Waals surface area contributed by atoms with Crippen LogP contribution in [0.5, 0.6) is 0 Å². The van der Waals surface area contributed by atoms with E-state index in [-0.39, 0.29) is 15.7 Å². The van der Waals surface area contributed by atoms with E-state index in [1.54, 1.807) is 0 Å². The molecule has 144 valence electrons. The maximum absolute atomic E-state index is 13.3. The molecule has 1 saturated carbocycles. The summed E-state index contributed by atoms with van der Waals surface area (Å²) in [7, 11) is -0.974. The number of halogens is 1. The van der Waals surface area contributed by atoms with Crippen molar-refractivity contribution in [1.82, 2.24) is 4.31 Å².